The van der Waals surface area contributed by atoms with E-state index in [0.717, 1.165) is 25.5 Å². The molecule has 1 fully saturated rings. The zero-order valence-corrected chi connectivity index (χ0v) is 10.7. The van der Waals surface area contributed by atoms with E-state index < -0.39 is 0 Å². The van der Waals surface area contributed by atoms with Crippen molar-refractivity contribution >= 4 is 11.7 Å². The lowest BCUT2D eigenvalue weighted by Crippen LogP contribution is -2.51. The van der Waals surface area contributed by atoms with Crippen LogP contribution in [0.5, 0.6) is 0 Å². The lowest BCUT2D eigenvalue weighted by atomic mass is 10.0. The first-order chi connectivity index (χ1) is 7.99. The number of nitrogens with zero attached hydrogens (tertiary/aromatic N) is 3. The third-order valence-corrected chi connectivity index (χ3v) is 3.57. The van der Waals surface area contributed by atoms with Crippen LogP contribution < -0.4 is 5.73 Å². The highest BCUT2D eigenvalue weighted by Crippen LogP contribution is 2.25. The van der Waals surface area contributed by atoms with Gasteiger partial charge in [-0.15, -0.1) is 0 Å². The molecule has 0 aromatic heterocycles. The van der Waals surface area contributed by atoms with Crippen molar-refractivity contribution in [3.8, 4) is 0 Å². The molecule has 0 aliphatic carbocycles. The molecular weight excluding hydrogens is 216 g/mol. The summed E-state index contributed by atoms with van der Waals surface area (Å²) in [5, 5.41) is 0. The standard InChI is InChI=1S/C12H20N4O/c1-8-9(2)14-10(3)16-5-4-15(6-11(8)16)7-12(13)17/h9H,4-7H2,1-3H3,(H2,13,17)/t9-/m0/s1. The summed E-state index contributed by atoms with van der Waals surface area (Å²) in [6.07, 6.45) is 0. The Morgan fingerprint density at radius 1 is 1.47 bits per heavy atom. The second kappa shape index (κ2) is 4.49. The van der Waals surface area contributed by atoms with Gasteiger partial charge < -0.3 is 10.6 Å². The van der Waals surface area contributed by atoms with Crippen molar-refractivity contribution in [3.63, 3.8) is 0 Å². The fraction of sp³-hybridized carbons (Fsp3) is 0.667. The van der Waals surface area contributed by atoms with Gasteiger partial charge in [0, 0.05) is 25.3 Å². The van der Waals surface area contributed by atoms with Crippen LogP contribution in [0.1, 0.15) is 20.8 Å². The Bertz CT molecular complexity index is 399. The van der Waals surface area contributed by atoms with Crippen LogP contribution in [0.2, 0.25) is 0 Å². The van der Waals surface area contributed by atoms with Crippen LogP contribution >= 0.6 is 0 Å². The number of nitrogens with two attached hydrogens (primary N) is 1. The number of aliphatic imine (C=N–C) groups is 1. The van der Waals surface area contributed by atoms with Gasteiger partial charge in [-0.2, -0.15) is 0 Å². The zero-order valence-electron chi connectivity index (χ0n) is 10.7. The molecule has 5 heteroatoms. The lowest BCUT2D eigenvalue weighted by molar-refractivity contribution is -0.119. The molecule has 0 bridgehead atoms. The van der Waals surface area contributed by atoms with E-state index in [1.807, 2.05) is 6.92 Å². The molecule has 0 spiro atoms. The third-order valence-electron chi connectivity index (χ3n) is 3.57. The maximum Gasteiger partial charge on any atom is 0.231 e. The zero-order chi connectivity index (χ0) is 12.6. The number of amidine groups is 1. The molecule has 17 heavy (non-hydrogen) atoms. The highest BCUT2D eigenvalue weighted by molar-refractivity contribution is 5.83. The molecule has 5 nitrogen and oxygen atoms in total. The third kappa shape index (κ3) is 2.34. The molecule has 94 valence electrons. The van der Waals surface area contributed by atoms with E-state index in [9.17, 15) is 4.79 Å². The van der Waals surface area contributed by atoms with E-state index >= 15 is 0 Å². The van der Waals surface area contributed by atoms with E-state index in [-0.39, 0.29) is 11.9 Å². The van der Waals surface area contributed by atoms with Crippen molar-refractivity contribution in [1.29, 1.82) is 0 Å². The molecule has 2 aliphatic rings. The largest absolute Gasteiger partial charge is 0.369 e. The predicted molar refractivity (Wildman–Crippen MR) is 67.6 cm³/mol. The fourth-order valence-electron chi connectivity index (χ4n) is 2.49. The molecule has 2 aliphatic heterocycles. The first kappa shape index (κ1) is 12.1. The second-order valence-corrected chi connectivity index (χ2v) is 4.81. The Morgan fingerprint density at radius 2 is 2.18 bits per heavy atom. The summed E-state index contributed by atoms with van der Waals surface area (Å²) in [6, 6.07) is 0.245. The van der Waals surface area contributed by atoms with Crippen LogP contribution in [0.3, 0.4) is 0 Å². The summed E-state index contributed by atoms with van der Waals surface area (Å²) in [4.78, 5) is 19.9. The number of hydrogen-bond donors (Lipinski definition) is 1. The van der Waals surface area contributed by atoms with Gasteiger partial charge in [0.05, 0.1) is 12.6 Å². The number of amides is 1. The average molecular weight is 236 g/mol. The van der Waals surface area contributed by atoms with Crippen LogP contribution in [0, 0.1) is 0 Å². The monoisotopic (exact) mass is 236 g/mol. The predicted octanol–water partition coefficient (Wildman–Crippen LogP) is 0.184. The van der Waals surface area contributed by atoms with E-state index in [1.165, 1.54) is 11.3 Å². The Labute approximate surface area is 102 Å². The molecule has 2 rings (SSSR count). The first-order valence-corrected chi connectivity index (χ1v) is 6.01. The van der Waals surface area contributed by atoms with Gasteiger partial charge in [-0.1, -0.05) is 0 Å². The first-order valence-electron chi connectivity index (χ1n) is 6.01. The van der Waals surface area contributed by atoms with Crippen LogP contribution in [-0.4, -0.2) is 53.8 Å². The summed E-state index contributed by atoms with van der Waals surface area (Å²) < 4.78 is 0. The number of fused-ring (bicyclic) bond motifs is 1. The molecule has 0 unspecified atom stereocenters. The summed E-state index contributed by atoms with van der Waals surface area (Å²) in [6.45, 7) is 9.17. The fourth-order valence-corrected chi connectivity index (χ4v) is 2.49. The smallest absolute Gasteiger partial charge is 0.231 e. The number of hydrogen-bond acceptors (Lipinski definition) is 4. The maximum absolute atomic E-state index is 11.0. The number of carbonyl (C=O) groups excluding carboxylic acids is 1. The Balaban J connectivity index is 2.17. The minimum atomic E-state index is -0.258. The van der Waals surface area contributed by atoms with Gasteiger partial charge in [0.1, 0.15) is 5.84 Å². The van der Waals surface area contributed by atoms with Gasteiger partial charge in [-0.3, -0.25) is 14.7 Å². The van der Waals surface area contributed by atoms with Crippen LogP contribution in [0.25, 0.3) is 0 Å². The summed E-state index contributed by atoms with van der Waals surface area (Å²) in [7, 11) is 0. The van der Waals surface area contributed by atoms with Gasteiger partial charge in [0.25, 0.3) is 0 Å². The highest BCUT2D eigenvalue weighted by Gasteiger charge is 2.29. The molecule has 1 saturated heterocycles. The van der Waals surface area contributed by atoms with Gasteiger partial charge in [0.15, 0.2) is 0 Å². The van der Waals surface area contributed by atoms with Crippen molar-refractivity contribution < 1.29 is 4.79 Å². The molecule has 0 saturated carbocycles. The van der Waals surface area contributed by atoms with Gasteiger partial charge >= 0.3 is 0 Å². The normalized spacial score (nSPS) is 25.7. The maximum atomic E-state index is 11.0. The minimum Gasteiger partial charge on any atom is -0.369 e. The van der Waals surface area contributed by atoms with Crippen LogP contribution in [-0.2, 0) is 4.79 Å². The molecule has 2 heterocycles. The SMILES string of the molecule is CC1=N[C@@H](C)C(C)=C2CN(CC(N)=O)CCN12. The summed E-state index contributed by atoms with van der Waals surface area (Å²) >= 11 is 0. The number of piperazine rings is 1. The molecule has 0 radical (unpaired) electrons. The number of rotatable bonds is 2. The van der Waals surface area contributed by atoms with Crippen LogP contribution in [0.15, 0.2) is 16.3 Å². The number of primary amides is 1. The van der Waals surface area contributed by atoms with E-state index in [0.29, 0.717) is 6.54 Å². The van der Waals surface area contributed by atoms with Gasteiger partial charge in [-0.25, -0.2) is 0 Å². The highest BCUT2D eigenvalue weighted by atomic mass is 16.1. The summed E-state index contributed by atoms with van der Waals surface area (Å²) in [5.74, 6) is 0.822. The Morgan fingerprint density at radius 3 is 2.82 bits per heavy atom. The van der Waals surface area contributed by atoms with Crippen molar-refractivity contribution in [2.24, 2.45) is 10.7 Å². The average Bonchev–Trinajstić information content (AvgIpc) is 2.25. The van der Waals surface area contributed by atoms with E-state index in [2.05, 4.69) is 28.6 Å². The van der Waals surface area contributed by atoms with Gasteiger partial charge in [-0.05, 0) is 26.3 Å². The van der Waals surface area contributed by atoms with Crippen molar-refractivity contribution in [2.75, 3.05) is 26.2 Å². The van der Waals surface area contributed by atoms with Gasteiger partial charge in [0.2, 0.25) is 5.91 Å². The second-order valence-electron chi connectivity index (χ2n) is 4.81. The molecule has 0 aromatic carbocycles. The molecule has 2 N–H and O–H groups in total. The minimum absolute atomic E-state index is 0.245. The van der Waals surface area contributed by atoms with Crippen molar-refractivity contribution in [3.05, 3.63) is 11.3 Å². The molecule has 0 aromatic rings. The number of carbonyl (C=O) groups is 1. The lowest BCUT2D eigenvalue weighted by Gasteiger charge is -2.41. The molecule has 1 amide bonds. The Kier molecular flexibility index (Phi) is 3.19. The summed E-state index contributed by atoms with van der Waals surface area (Å²) in [5.41, 5.74) is 7.83. The van der Waals surface area contributed by atoms with Crippen molar-refractivity contribution in [1.82, 2.24) is 9.80 Å². The Hall–Kier alpha value is -1.36. The van der Waals surface area contributed by atoms with Crippen molar-refractivity contribution in [2.45, 2.75) is 26.8 Å². The molecular formula is C12H20N4O. The van der Waals surface area contributed by atoms with Crippen LogP contribution in [0.4, 0.5) is 0 Å². The van der Waals surface area contributed by atoms with E-state index in [1.54, 1.807) is 0 Å². The topological polar surface area (TPSA) is 61.9 Å². The quantitative estimate of drug-likeness (QED) is 0.744. The molecule has 1 atom stereocenters. The van der Waals surface area contributed by atoms with E-state index in [4.69, 9.17) is 5.73 Å².